The zero-order valence-corrected chi connectivity index (χ0v) is 12.1. The van der Waals surface area contributed by atoms with Crippen molar-refractivity contribution >= 4 is 0 Å². The molecule has 0 aliphatic heterocycles. The summed E-state index contributed by atoms with van der Waals surface area (Å²) in [6.45, 7) is 16.3. The molecule has 0 spiro atoms. The van der Waals surface area contributed by atoms with E-state index in [1.165, 1.54) is 6.42 Å². The van der Waals surface area contributed by atoms with Crippen LogP contribution >= 0.6 is 0 Å². The van der Waals surface area contributed by atoms with E-state index in [-0.39, 0.29) is 0 Å². The molecule has 2 heteroatoms. The lowest BCUT2D eigenvalue weighted by atomic mass is 9.84. The molecule has 1 N–H and O–H groups in total. The highest BCUT2D eigenvalue weighted by atomic mass is 16.5. The Kier molecular flexibility index (Phi) is 8.04. The second-order valence-corrected chi connectivity index (χ2v) is 5.92. The molecular formula is C14H31NO. The van der Waals surface area contributed by atoms with E-state index in [0.29, 0.717) is 17.4 Å². The molecule has 98 valence electrons. The molecule has 0 saturated heterocycles. The van der Waals surface area contributed by atoms with Crippen LogP contribution in [0.2, 0.25) is 0 Å². The van der Waals surface area contributed by atoms with E-state index in [4.69, 9.17) is 4.74 Å². The van der Waals surface area contributed by atoms with E-state index in [9.17, 15) is 0 Å². The Hall–Kier alpha value is -0.0800. The Labute approximate surface area is 102 Å². The van der Waals surface area contributed by atoms with Crippen LogP contribution in [0.1, 0.15) is 54.4 Å². The van der Waals surface area contributed by atoms with Gasteiger partial charge in [0.05, 0.1) is 0 Å². The molecule has 0 aromatic heterocycles. The molecule has 0 aliphatic carbocycles. The molecule has 0 aromatic carbocycles. The van der Waals surface area contributed by atoms with Crippen LogP contribution < -0.4 is 5.32 Å². The highest BCUT2D eigenvalue weighted by Gasteiger charge is 2.21. The number of hydrogen-bond acceptors (Lipinski definition) is 2. The van der Waals surface area contributed by atoms with E-state index >= 15 is 0 Å². The van der Waals surface area contributed by atoms with Crippen molar-refractivity contribution in [3.05, 3.63) is 0 Å². The van der Waals surface area contributed by atoms with Crippen LogP contribution in [0.4, 0.5) is 0 Å². The minimum atomic E-state index is 0.376. The normalized spacial score (nSPS) is 15.8. The van der Waals surface area contributed by atoms with Gasteiger partial charge in [-0.25, -0.2) is 0 Å². The van der Waals surface area contributed by atoms with E-state index in [1.807, 2.05) is 0 Å². The Morgan fingerprint density at radius 1 is 1.19 bits per heavy atom. The Bertz CT molecular complexity index is 168. The zero-order chi connectivity index (χ0) is 12.6. The van der Waals surface area contributed by atoms with Crippen molar-refractivity contribution in [3.8, 4) is 0 Å². The van der Waals surface area contributed by atoms with Crippen molar-refractivity contribution < 1.29 is 4.74 Å². The van der Waals surface area contributed by atoms with Gasteiger partial charge in [-0.2, -0.15) is 0 Å². The fourth-order valence-corrected chi connectivity index (χ4v) is 1.48. The van der Waals surface area contributed by atoms with Gasteiger partial charge in [0.1, 0.15) is 0 Å². The number of nitrogens with one attached hydrogen (secondary N) is 1. The quantitative estimate of drug-likeness (QED) is 0.611. The first-order valence-electron chi connectivity index (χ1n) is 6.70. The summed E-state index contributed by atoms with van der Waals surface area (Å²) < 4.78 is 5.67. The molecule has 0 aromatic rings. The zero-order valence-electron chi connectivity index (χ0n) is 12.1. The molecule has 0 bridgehead atoms. The molecule has 0 radical (unpaired) electrons. The van der Waals surface area contributed by atoms with E-state index in [1.54, 1.807) is 0 Å². The number of rotatable bonds is 9. The predicted octanol–water partition coefficient (Wildman–Crippen LogP) is 3.46. The molecule has 0 saturated carbocycles. The van der Waals surface area contributed by atoms with Gasteiger partial charge in [0.25, 0.3) is 0 Å². The van der Waals surface area contributed by atoms with Gasteiger partial charge in [0.2, 0.25) is 0 Å². The molecular weight excluding hydrogens is 198 g/mol. The third-order valence-corrected chi connectivity index (χ3v) is 3.09. The summed E-state index contributed by atoms with van der Waals surface area (Å²) in [4.78, 5) is 0. The fraction of sp³-hybridized carbons (Fsp3) is 1.00. The van der Waals surface area contributed by atoms with Gasteiger partial charge >= 0.3 is 0 Å². The largest absolute Gasteiger partial charge is 0.381 e. The number of ether oxygens (including phenoxy) is 1. The van der Waals surface area contributed by atoms with Crippen LogP contribution in [-0.2, 0) is 4.74 Å². The third kappa shape index (κ3) is 8.12. The second kappa shape index (κ2) is 8.08. The van der Waals surface area contributed by atoms with Gasteiger partial charge in [0, 0.05) is 25.8 Å². The average Bonchev–Trinajstić information content (AvgIpc) is 2.21. The lowest BCUT2D eigenvalue weighted by Gasteiger charge is -2.29. The van der Waals surface area contributed by atoms with Gasteiger partial charge in [-0.1, -0.05) is 41.5 Å². The monoisotopic (exact) mass is 229 g/mol. The lowest BCUT2D eigenvalue weighted by Crippen LogP contribution is -2.36. The summed E-state index contributed by atoms with van der Waals surface area (Å²) in [6.07, 6.45) is 2.35. The molecule has 1 atom stereocenters. The van der Waals surface area contributed by atoms with Crippen LogP contribution in [0, 0.1) is 11.3 Å². The van der Waals surface area contributed by atoms with Crippen molar-refractivity contribution in [2.45, 2.75) is 60.4 Å². The lowest BCUT2D eigenvalue weighted by molar-refractivity contribution is 0.0784. The molecule has 0 rings (SSSR count). The summed E-state index contributed by atoms with van der Waals surface area (Å²) in [7, 11) is 0. The van der Waals surface area contributed by atoms with Crippen molar-refractivity contribution in [1.29, 1.82) is 0 Å². The standard InChI is InChI=1S/C14H31NO/c1-7-14(6,11-15-13(4)5)8-9-16-10-12(2)3/h12-13,15H,7-11H2,1-6H3. The maximum atomic E-state index is 5.67. The van der Waals surface area contributed by atoms with Gasteiger partial charge in [-0.15, -0.1) is 0 Å². The smallest absolute Gasteiger partial charge is 0.0488 e. The Morgan fingerprint density at radius 2 is 1.81 bits per heavy atom. The highest BCUT2D eigenvalue weighted by Crippen LogP contribution is 2.24. The summed E-state index contributed by atoms with van der Waals surface area (Å²) >= 11 is 0. The molecule has 0 fully saturated rings. The Morgan fingerprint density at radius 3 is 2.25 bits per heavy atom. The molecule has 0 aliphatic rings. The van der Waals surface area contributed by atoms with E-state index in [0.717, 1.165) is 26.2 Å². The van der Waals surface area contributed by atoms with E-state index in [2.05, 4.69) is 46.9 Å². The van der Waals surface area contributed by atoms with Gasteiger partial charge in [0.15, 0.2) is 0 Å². The minimum absolute atomic E-state index is 0.376. The first kappa shape index (κ1) is 15.9. The van der Waals surface area contributed by atoms with Crippen LogP contribution in [-0.4, -0.2) is 25.8 Å². The van der Waals surface area contributed by atoms with Gasteiger partial charge in [-0.3, -0.25) is 0 Å². The summed E-state index contributed by atoms with van der Waals surface area (Å²) in [5.74, 6) is 0.640. The second-order valence-electron chi connectivity index (χ2n) is 5.92. The first-order chi connectivity index (χ1) is 7.39. The molecule has 16 heavy (non-hydrogen) atoms. The SMILES string of the molecule is CCC(C)(CCOCC(C)C)CNC(C)C. The van der Waals surface area contributed by atoms with Gasteiger partial charge < -0.3 is 10.1 Å². The maximum absolute atomic E-state index is 5.67. The van der Waals surface area contributed by atoms with Crippen LogP contribution in [0.5, 0.6) is 0 Å². The van der Waals surface area contributed by atoms with Gasteiger partial charge in [-0.05, 0) is 24.2 Å². The molecule has 2 nitrogen and oxygen atoms in total. The Balaban J connectivity index is 3.78. The van der Waals surface area contributed by atoms with Crippen LogP contribution in [0.25, 0.3) is 0 Å². The van der Waals surface area contributed by atoms with Crippen molar-refractivity contribution in [2.75, 3.05) is 19.8 Å². The van der Waals surface area contributed by atoms with Crippen LogP contribution in [0.3, 0.4) is 0 Å². The minimum Gasteiger partial charge on any atom is -0.381 e. The number of hydrogen-bond donors (Lipinski definition) is 1. The third-order valence-electron chi connectivity index (χ3n) is 3.09. The fourth-order valence-electron chi connectivity index (χ4n) is 1.48. The molecule has 1 unspecified atom stereocenters. The van der Waals surface area contributed by atoms with Crippen molar-refractivity contribution in [1.82, 2.24) is 5.32 Å². The maximum Gasteiger partial charge on any atom is 0.0488 e. The topological polar surface area (TPSA) is 21.3 Å². The molecule has 0 heterocycles. The average molecular weight is 229 g/mol. The summed E-state index contributed by atoms with van der Waals surface area (Å²) in [6, 6.07) is 0.572. The first-order valence-corrected chi connectivity index (χ1v) is 6.70. The van der Waals surface area contributed by atoms with Crippen LogP contribution in [0.15, 0.2) is 0 Å². The molecule has 0 amide bonds. The highest BCUT2D eigenvalue weighted by molar-refractivity contribution is 4.76. The predicted molar refractivity (Wildman–Crippen MR) is 71.8 cm³/mol. The summed E-state index contributed by atoms with van der Waals surface area (Å²) in [5.41, 5.74) is 0.376. The van der Waals surface area contributed by atoms with E-state index < -0.39 is 0 Å². The summed E-state index contributed by atoms with van der Waals surface area (Å²) in [5, 5.41) is 3.53. The van der Waals surface area contributed by atoms with Crippen molar-refractivity contribution in [2.24, 2.45) is 11.3 Å². The van der Waals surface area contributed by atoms with Crippen molar-refractivity contribution in [3.63, 3.8) is 0 Å².